The number of esters is 3. The van der Waals surface area contributed by atoms with Crippen LogP contribution in [0.1, 0.15) is 105 Å². The summed E-state index contributed by atoms with van der Waals surface area (Å²) >= 11 is 0. The number of Topliss-reactive ketones (excluding diaryl/α,β-unsaturated/α-hetero) is 1. The molecule has 2 unspecified atom stereocenters. The standard InChI is InChI=1S/C51H68N2O16S2/c1-11-52-22-24-70-71-25-23-63-45(61)65-38(36(31-18-14-12-15-19-31)53-44(60)69-46(4,5)6)43(59)68-48(9)27-51(62)41(66-42(58)32-20-16-13-17-21-32)39-49(10,40(57)37(56)35(29(48)2)47(51,7)8)33(55)26-34-50(39,28-64-34)67-30(3)54/h12-21,33-34,36-39,41,52,55-56,62H,11,22-28H2,1-10H3,(H,53,60)/t33-,34+,36-,37+,38+,39-,41?,48-,49+,50-,51?/m0/s1/i1T. The summed E-state index contributed by atoms with van der Waals surface area (Å²) < 4.78 is 49.0. The molecule has 71 heavy (non-hydrogen) atoms. The zero-order valence-electron chi connectivity index (χ0n) is 42.6. The highest BCUT2D eigenvalue weighted by Gasteiger charge is 2.78. The third kappa shape index (κ3) is 11.1. The summed E-state index contributed by atoms with van der Waals surface area (Å²) in [6, 6.07) is 14.4. The number of amides is 1. The number of fused-ring (bicyclic) bond motifs is 5. The van der Waals surface area contributed by atoms with Crippen molar-refractivity contribution in [3.05, 3.63) is 82.9 Å². The van der Waals surface area contributed by atoms with E-state index in [-0.39, 0.29) is 48.8 Å². The number of benzene rings is 2. The van der Waals surface area contributed by atoms with E-state index in [1.165, 1.54) is 68.3 Å². The van der Waals surface area contributed by atoms with Crippen molar-refractivity contribution in [2.45, 2.75) is 141 Å². The Morgan fingerprint density at radius 1 is 0.958 bits per heavy atom. The van der Waals surface area contributed by atoms with Crippen LogP contribution >= 0.6 is 21.6 Å². The molecule has 5 N–H and O–H groups in total. The number of aliphatic hydroxyl groups excluding tert-OH is 2. The predicted octanol–water partition coefficient (Wildman–Crippen LogP) is 5.80. The Labute approximate surface area is 423 Å². The van der Waals surface area contributed by atoms with Crippen molar-refractivity contribution >= 4 is 57.5 Å². The molecule has 0 aromatic heterocycles. The molecule has 18 nitrogen and oxygen atoms in total. The van der Waals surface area contributed by atoms with E-state index in [9.17, 15) is 34.5 Å². The topological polar surface area (TPSA) is 252 Å². The summed E-state index contributed by atoms with van der Waals surface area (Å²) in [6.45, 7) is 14.4. The monoisotopic (exact) mass is 1030 g/mol. The fourth-order valence-electron chi connectivity index (χ4n) is 10.6. The van der Waals surface area contributed by atoms with Gasteiger partial charge in [0.25, 0.3) is 0 Å². The van der Waals surface area contributed by atoms with Gasteiger partial charge in [-0.1, -0.05) is 90.9 Å². The van der Waals surface area contributed by atoms with Crippen LogP contribution in [-0.2, 0) is 47.5 Å². The Bertz CT molecular complexity index is 2350. The third-order valence-electron chi connectivity index (χ3n) is 14.2. The van der Waals surface area contributed by atoms with Crippen molar-refractivity contribution in [1.82, 2.24) is 10.6 Å². The summed E-state index contributed by atoms with van der Waals surface area (Å²) in [5.74, 6) is -4.51. The molecule has 20 heteroatoms. The molecule has 2 aromatic rings. The molecule has 2 aromatic carbocycles. The van der Waals surface area contributed by atoms with Gasteiger partial charge < -0.3 is 59.1 Å². The van der Waals surface area contributed by atoms with E-state index >= 15 is 9.59 Å². The summed E-state index contributed by atoms with van der Waals surface area (Å²) in [6.07, 6.45) is -11.8. The van der Waals surface area contributed by atoms with Gasteiger partial charge in [-0.25, -0.2) is 19.2 Å². The van der Waals surface area contributed by atoms with Gasteiger partial charge in [-0.2, -0.15) is 0 Å². The second-order valence-corrected chi connectivity index (χ2v) is 23.0. The van der Waals surface area contributed by atoms with E-state index in [0.29, 0.717) is 18.8 Å². The van der Waals surface area contributed by atoms with E-state index in [1.807, 2.05) is 0 Å². The summed E-state index contributed by atoms with van der Waals surface area (Å²) in [5, 5.41) is 44.3. The van der Waals surface area contributed by atoms with Crippen LogP contribution < -0.4 is 10.6 Å². The van der Waals surface area contributed by atoms with Crippen LogP contribution in [-0.4, -0.2) is 142 Å². The van der Waals surface area contributed by atoms with Crippen molar-refractivity contribution in [3.8, 4) is 0 Å². The number of rotatable bonds is 17. The molecule has 11 atom stereocenters. The van der Waals surface area contributed by atoms with Crippen molar-refractivity contribution in [1.29, 1.82) is 0 Å². The summed E-state index contributed by atoms with van der Waals surface area (Å²) in [5.41, 5.74) is -10.9. The summed E-state index contributed by atoms with van der Waals surface area (Å²) in [4.78, 5) is 85.3. The van der Waals surface area contributed by atoms with Gasteiger partial charge in [0, 0.05) is 44.6 Å². The lowest BCUT2D eigenvalue weighted by atomic mass is 9.44. The SMILES string of the molecule is [3H]CCNCCSSCCOC(=O)O[C@@H](C(=O)O[C@@]1(C)CC2(O)C(OC(=O)c3ccccc3)[C@@H]3[C@]4(OC(C)=O)CO[C@@H]4C[C@H](O)[C@@]3(C)C(=O)[C@H](O)C(=C1C)C2(C)C)[C@@H](NC(=O)OC(C)(C)C)c1ccccc1. The molecule has 0 radical (unpaired) electrons. The molecule has 2 bridgehead atoms. The molecule has 1 saturated heterocycles. The number of carbonyl (C=O) groups excluding carboxylic acids is 6. The van der Waals surface area contributed by atoms with Gasteiger partial charge >= 0.3 is 30.2 Å². The lowest BCUT2D eigenvalue weighted by Gasteiger charge is -2.68. The van der Waals surface area contributed by atoms with E-state index < -0.39 is 118 Å². The normalized spacial score (nSPS) is 30.8. The first-order chi connectivity index (χ1) is 33.8. The lowest BCUT2D eigenvalue weighted by Crippen LogP contribution is -2.82. The van der Waals surface area contributed by atoms with E-state index in [2.05, 4.69) is 10.6 Å². The first-order valence-corrected chi connectivity index (χ1v) is 26.0. The Balaban J connectivity index is 1.46. The molecule has 4 aliphatic rings. The minimum Gasteiger partial charge on any atom is -0.455 e. The predicted molar refractivity (Wildman–Crippen MR) is 262 cm³/mol. The molecule has 2 saturated carbocycles. The van der Waals surface area contributed by atoms with Crippen molar-refractivity contribution in [2.24, 2.45) is 16.7 Å². The lowest BCUT2D eigenvalue weighted by molar-refractivity contribution is -0.346. The van der Waals surface area contributed by atoms with Gasteiger partial charge in [0.2, 0.25) is 6.10 Å². The number of aliphatic hydroxyl groups is 3. The van der Waals surface area contributed by atoms with E-state index in [1.54, 1.807) is 69.3 Å². The molecule has 1 amide bonds. The van der Waals surface area contributed by atoms with Crippen LogP contribution in [0, 0.1) is 16.7 Å². The molecular formula is C51H68N2O16S2. The second-order valence-electron chi connectivity index (χ2n) is 20.3. The van der Waals surface area contributed by atoms with Gasteiger partial charge in [0.05, 0.1) is 29.6 Å². The van der Waals surface area contributed by atoms with E-state index in [4.69, 9.17) is 34.5 Å². The molecule has 3 fully saturated rings. The van der Waals surface area contributed by atoms with Crippen LogP contribution in [0.4, 0.5) is 9.59 Å². The first kappa shape index (κ1) is 54.1. The number of ketones is 1. The fourth-order valence-corrected chi connectivity index (χ4v) is 12.4. The smallest absolute Gasteiger partial charge is 0.455 e. The third-order valence-corrected chi connectivity index (χ3v) is 16.6. The van der Waals surface area contributed by atoms with Crippen LogP contribution in [0.15, 0.2) is 71.8 Å². The molecule has 0 spiro atoms. The number of carbonyl (C=O) groups is 6. The highest BCUT2D eigenvalue weighted by atomic mass is 33.1. The van der Waals surface area contributed by atoms with Gasteiger partial charge in [-0.05, 0) is 76.9 Å². The fraction of sp³-hybridized carbons (Fsp3) is 0.608. The van der Waals surface area contributed by atoms with Crippen LogP contribution in [0.3, 0.4) is 0 Å². The Kier molecular flexibility index (Phi) is 16.6. The van der Waals surface area contributed by atoms with Gasteiger partial charge in [-0.3, -0.25) is 9.59 Å². The highest BCUT2D eigenvalue weighted by Crippen LogP contribution is 2.65. The molecule has 390 valence electrons. The maximum atomic E-state index is 15.3. The largest absolute Gasteiger partial charge is 0.509 e. The average Bonchev–Trinajstić information content (AvgIpc) is 3.30. The number of alkyl carbamates (subject to hydrolysis) is 1. The first-order valence-electron chi connectivity index (χ1n) is 24.2. The number of nitrogens with one attached hydrogen (secondary N) is 2. The number of ether oxygens (including phenoxy) is 7. The Hall–Kier alpha value is -4.70. The highest BCUT2D eigenvalue weighted by molar-refractivity contribution is 8.76. The maximum Gasteiger partial charge on any atom is 0.509 e. The quantitative estimate of drug-likeness (QED) is 0.0413. The van der Waals surface area contributed by atoms with Gasteiger partial charge in [0.15, 0.2) is 11.4 Å². The minimum atomic E-state index is -2.48. The molecule has 6 rings (SSSR count). The zero-order chi connectivity index (χ0) is 53.0. The van der Waals surface area contributed by atoms with Crippen LogP contribution in [0.25, 0.3) is 0 Å². The minimum absolute atomic E-state index is 0.0486. The molecule has 1 heterocycles. The van der Waals surface area contributed by atoms with Crippen molar-refractivity contribution in [2.75, 3.05) is 37.8 Å². The molecular weight excluding hydrogens is 961 g/mol. The average molecular weight is 1030 g/mol. The Morgan fingerprint density at radius 3 is 2.21 bits per heavy atom. The molecule has 3 aliphatic carbocycles. The number of hydrogen-bond acceptors (Lipinski definition) is 19. The Morgan fingerprint density at radius 2 is 1.61 bits per heavy atom. The summed E-state index contributed by atoms with van der Waals surface area (Å²) in [7, 11) is 2.95. The van der Waals surface area contributed by atoms with Gasteiger partial charge in [-0.15, -0.1) is 0 Å². The number of hydrogen-bond donors (Lipinski definition) is 5. The molecule has 1 aliphatic heterocycles. The van der Waals surface area contributed by atoms with Crippen LogP contribution in [0.2, 0.25) is 0 Å². The van der Waals surface area contributed by atoms with Crippen molar-refractivity contribution in [3.63, 3.8) is 0 Å². The van der Waals surface area contributed by atoms with Crippen LogP contribution in [0.5, 0.6) is 0 Å². The zero-order valence-corrected chi connectivity index (χ0v) is 43.3. The maximum absolute atomic E-state index is 15.3. The van der Waals surface area contributed by atoms with Gasteiger partial charge in [0.1, 0.15) is 47.8 Å². The van der Waals surface area contributed by atoms with E-state index in [0.717, 1.165) is 12.7 Å². The second kappa shape index (κ2) is 21.8. The van der Waals surface area contributed by atoms with Crippen molar-refractivity contribution < 1.29 is 78.6 Å².